The number of carbonyl (C=O) groups excluding carboxylic acids is 1. The first kappa shape index (κ1) is 13.3. The lowest BCUT2D eigenvalue weighted by Crippen LogP contribution is -2.08. The van der Waals surface area contributed by atoms with E-state index in [2.05, 4.69) is 5.16 Å². The van der Waals surface area contributed by atoms with Gasteiger partial charge in [0.15, 0.2) is 0 Å². The van der Waals surface area contributed by atoms with Crippen LogP contribution < -0.4 is 0 Å². The van der Waals surface area contributed by atoms with Crippen molar-refractivity contribution in [2.24, 2.45) is 0 Å². The van der Waals surface area contributed by atoms with Crippen LogP contribution in [-0.2, 0) is 11.3 Å². The minimum atomic E-state index is -0.322. The van der Waals surface area contributed by atoms with E-state index in [1.54, 1.807) is 13.0 Å². The molecule has 2 aromatic rings. The maximum absolute atomic E-state index is 12.0. The van der Waals surface area contributed by atoms with Gasteiger partial charge in [-0.15, -0.1) is 0 Å². The van der Waals surface area contributed by atoms with E-state index >= 15 is 0 Å². The van der Waals surface area contributed by atoms with Crippen molar-refractivity contribution in [3.63, 3.8) is 0 Å². The van der Waals surface area contributed by atoms with Crippen LogP contribution in [0.3, 0.4) is 0 Å². The molecule has 0 saturated heterocycles. The maximum Gasteiger partial charge on any atom is 0.338 e. The highest BCUT2D eigenvalue weighted by atomic mass is 16.5. The molecule has 0 radical (unpaired) electrons. The van der Waals surface area contributed by atoms with Gasteiger partial charge >= 0.3 is 5.97 Å². The van der Waals surface area contributed by atoms with E-state index in [9.17, 15) is 4.79 Å². The average molecular weight is 259 g/mol. The normalized spacial score (nSPS) is 10.5. The summed E-state index contributed by atoms with van der Waals surface area (Å²) in [5.74, 6) is 0.364. The fourth-order valence-corrected chi connectivity index (χ4v) is 1.97. The second-order valence-corrected chi connectivity index (χ2v) is 4.70. The van der Waals surface area contributed by atoms with Crippen LogP contribution in [-0.4, -0.2) is 11.1 Å². The van der Waals surface area contributed by atoms with Gasteiger partial charge in [0.05, 0.1) is 16.8 Å². The number of benzene rings is 1. The molecule has 0 unspecified atom stereocenters. The number of hydrogen-bond donors (Lipinski definition) is 0. The Morgan fingerprint density at radius 1 is 1.26 bits per heavy atom. The molecule has 100 valence electrons. The Labute approximate surface area is 112 Å². The summed E-state index contributed by atoms with van der Waals surface area (Å²) in [6, 6.07) is 5.66. The number of aromatic nitrogens is 1. The van der Waals surface area contributed by atoms with Gasteiger partial charge < -0.3 is 9.26 Å². The average Bonchev–Trinajstić information content (AvgIpc) is 2.66. The highest BCUT2D eigenvalue weighted by Crippen LogP contribution is 2.16. The summed E-state index contributed by atoms with van der Waals surface area (Å²) in [7, 11) is 0. The fourth-order valence-electron chi connectivity index (χ4n) is 1.97. The second-order valence-electron chi connectivity index (χ2n) is 4.70. The number of aryl methyl sites for hydroxylation is 4. The van der Waals surface area contributed by atoms with Gasteiger partial charge in [0, 0.05) is 0 Å². The van der Waals surface area contributed by atoms with Crippen LogP contribution in [0, 0.1) is 27.7 Å². The second kappa shape index (κ2) is 5.26. The Bertz CT molecular complexity index is 594. The zero-order valence-electron chi connectivity index (χ0n) is 11.6. The third kappa shape index (κ3) is 2.84. The quantitative estimate of drug-likeness (QED) is 0.794. The number of esters is 1. The van der Waals surface area contributed by atoms with E-state index in [4.69, 9.17) is 9.26 Å². The van der Waals surface area contributed by atoms with Crippen molar-refractivity contribution >= 4 is 5.97 Å². The minimum absolute atomic E-state index is 0.188. The Hall–Kier alpha value is -2.10. The van der Waals surface area contributed by atoms with Crippen LogP contribution in [0.5, 0.6) is 0 Å². The molecule has 0 saturated carbocycles. The number of rotatable bonds is 3. The van der Waals surface area contributed by atoms with Gasteiger partial charge in [-0.3, -0.25) is 0 Å². The molecule has 2 rings (SSSR count). The Balaban J connectivity index is 2.10. The topological polar surface area (TPSA) is 52.3 Å². The van der Waals surface area contributed by atoms with Crippen LogP contribution in [0.15, 0.2) is 22.7 Å². The summed E-state index contributed by atoms with van der Waals surface area (Å²) < 4.78 is 10.3. The van der Waals surface area contributed by atoms with E-state index in [1.165, 1.54) is 0 Å². The van der Waals surface area contributed by atoms with Crippen LogP contribution in [0.4, 0.5) is 0 Å². The molecule has 19 heavy (non-hydrogen) atoms. The number of ether oxygens (including phenoxy) is 1. The molecule has 4 heteroatoms. The molecule has 0 aliphatic carbocycles. The van der Waals surface area contributed by atoms with Gasteiger partial charge in [-0.1, -0.05) is 22.9 Å². The lowest BCUT2D eigenvalue weighted by Gasteiger charge is -2.07. The number of hydrogen-bond acceptors (Lipinski definition) is 4. The predicted molar refractivity (Wildman–Crippen MR) is 71.0 cm³/mol. The molecule has 0 N–H and O–H groups in total. The molecule has 1 aromatic heterocycles. The zero-order chi connectivity index (χ0) is 14.0. The third-order valence-electron chi connectivity index (χ3n) is 3.13. The highest BCUT2D eigenvalue weighted by Gasteiger charge is 2.14. The smallest absolute Gasteiger partial charge is 0.338 e. The molecule has 0 spiro atoms. The van der Waals surface area contributed by atoms with Crippen molar-refractivity contribution < 1.29 is 14.1 Å². The summed E-state index contributed by atoms with van der Waals surface area (Å²) in [5, 5.41) is 3.83. The molecular formula is C15H17NO3. The number of carbonyl (C=O) groups is 1. The molecule has 0 fully saturated rings. The fraction of sp³-hybridized carbons (Fsp3) is 0.333. The highest BCUT2D eigenvalue weighted by molar-refractivity contribution is 5.91. The summed E-state index contributed by atoms with van der Waals surface area (Å²) in [6.45, 7) is 7.72. The van der Waals surface area contributed by atoms with Gasteiger partial charge in [0.25, 0.3) is 0 Å². The summed E-state index contributed by atoms with van der Waals surface area (Å²) >= 11 is 0. The summed E-state index contributed by atoms with van der Waals surface area (Å²) in [4.78, 5) is 12.0. The van der Waals surface area contributed by atoms with Crippen molar-refractivity contribution in [2.45, 2.75) is 34.3 Å². The van der Waals surface area contributed by atoms with Gasteiger partial charge in [-0.2, -0.15) is 0 Å². The Morgan fingerprint density at radius 2 is 2.00 bits per heavy atom. The van der Waals surface area contributed by atoms with Gasteiger partial charge in [-0.05, 0) is 39.3 Å². The molecule has 0 amide bonds. The van der Waals surface area contributed by atoms with Crippen LogP contribution in [0.25, 0.3) is 0 Å². The predicted octanol–water partition coefficient (Wildman–Crippen LogP) is 3.27. The van der Waals surface area contributed by atoms with Crippen LogP contribution >= 0.6 is 0 Å². The van der Waals surface area contributed by atoms with Gasteiger partial charge in [0.2, 0.25) is 0 Å². The van der Waals surface area contributed by atoms with E-state index in [0.717, 1.165) is 22.4 Å². The molecule has 0 atom stereocenters. The van der Waals surface area contributed by atoms with Gasteiger partial charge in [0.1, 0.15) is 12.4 Å². The van der Waals surface area contributed by atoms with Gasteiger partial charge in [-0.25, -0.2) is 4.79 Å². The molecule has 0 bridgehead atoms. The first-order valence-electron chi connectivity index (χ1n) is 6.15. The SMILES string of the molecule is Cc1ccc(C(=O)OCc2c(C)noc2C)c(C)c1. The summed E-state index contributed by atoms with van der Waals surface area (Å²) in [5.41, 5.74) is 4.23. The van der Waals surface area contributed by atoms with Crippen molar-refractivity contribution in [3.05, 3.63) is 51.9 Å². The van der Waals surface area contributed by atoms with Crippen LogP contribution in [0.2, 0.25) is 0 Å². The van der Waals surface area contributed by atoms with Crippen LogP contribution in [0.1, 0.15) is 38.5 Å². The maximum atomic E-state index is 12.0. The Kier molecular flexibility index (Phi) is 3.69. The monoisotopic (exact) mass is 259 g/mol. The minimum Gasteiger partial charge on any atom is -0.457 e. The van der Waals surface area contributed by atoms with E-state index < -0.39 is 0 Å². The third-order valence-corrected chi connectivity index (χ3v) is 3.13. The summed E-state index contributed by atoms with van der Waals surface area (Å²) in [6.07, 6.45) is 0. The van der Waals surface area contributed by atoms with E-state index in [1.807, 2.05) is 32.9 Å². The van der Waals surface area contributed by atoms with Crippen molar-refractivity contribution in [1.29, 1.82) is 0 Å². The Morgan fingerprint density at radius 3 is 2.58 bits per heavy atom. The molecule has 1 aromatic carbocycles. The molecule has 0 aliphatic rings. The molecule has 4 nitrogen and oxygen atoms in total. The lowest BCUT2D eigenvalue weighted by atomic mass is 10.1. The van der Waals surface area contributed by atoms with E-state index in [-0.39, 0.29) is 12.6 Å². The van der Waals surface area contributed by atoms with E-state index in [0.29, 0.717) is 11.3 Å². The molecule has 1 heterocycles. The number of nitrogens with zero attached hydrogens (tertiary/aromatic N) is 1. The molecular weight excluding hydrogens is 242 g/mol. The first-order valence-corrected chi connectivity index (χ1v) is 6.15. The van der Waals surface area contributed by atoms with Crippen molar-refractivity contribution in [3.8, 4) is 0 Å². The van der Waals surface area contributed by atoms with Crippen molar-refractivity contribution in [2.75, 3.05) is 0 Å². The zero-order valence-corrected chi connectivity index (χ0v) is 11.6. The first-order chi connectivity index (χ1) is 8.99. The molecule has 0 aliphatic heterocycles. The van der Waals surface area contributed by atoms with Crippen molar-refractivity contribution in [1.82, 2.24) is 5.16 Å². The lowest BCUT2D eigenvalue weighted by molar-refractivity contribution is 0.0470. The largest absolute Gasteiger partial charge is 0.457 e. The standard InChI is InChI=1S/C15H17NO3/c1-9-5-6-13(10(2)7-9)15(17)18-8-14-11(3)16-19-12(14)4/h5-7H,8H2,1-4H3.